The average Bonchev–Trinajstić information content (AvgIpc) is 3.40. The summed E-state index contributed by atoms with van der Waals surface area (Å²) in [5, 5.41) is 6.34. The Kier molecular flexibility index (Phi) is 9.85. The first-order valence-corrected chi connectivity index (χ1v) is 16.1. The molecule has 1 aromatic carbocycles. The van der Waals surface area contributed by atoms with Gasteiger partial charge in [0.15, 0.2) is 0 Å². The van der Waals surface area contributed by atoms with Crippen molar-refractivity contribution >= 4 is 39.9 Å². The average molecular weight is 619 g/mol. The lowest BCUT2D eigenvalue weighted by Crippen LogP contribution is -2.63. The van der Waals surface area contributed by atoms with E-state index < -0.39 is 11.6 Å². The third-order valence-electron chi connectivity index (χ3n) is 8.29. The molecule has 4 amide bonds. The number of likely N-dealkylation sites (N-methyl/N-ethyl adjacent to an activating group) is 1. The van der Waals surface area contributed by atoms with Crippen molar-refractivity contribution in [3.63, 3.8) is 0 Å². The number of benzene rings is 1. The molecule has 0 radical (unpaired) electrons. The predicted molar refractivity (Wildman–Crippen MR) is 179 cm³/mol. The predicted octanol–water partition coefficient (Wildman–Crippen LogP) is 6.59. The van der Waals surface area contributed by atoms with Gasteiger partial charge in [0.2, 0.25) is 5.91 Å². The zero-order valence-electron chi connectivity index (χ0n) is 27.5. The van der Waals surface area contributed by atoms with E-state index in [4.69, 9.17) is 0 Å². The Morgan fingerprint density at radius 1 is 1.05 bits per heavy atom. The van der Waals surface area contributed by atoms with Crippen molar-refractivity contribution in [2.75, 3.05) is 43.9 Å². The number of anilines is 2. The summed E-state index contributed by atoms with van der Waals surface area (Å²) in [7, 11) is 1.75. The smallest absolute Gasteiger partial charge is 0.324 e. The van der Waals surface area contributed by atoms with Crippen molar-refractivity contribution in [3.05, 3.63) is 64.3 Å². The van der Waals surface area contributed by atoms with Crippen molar-refractivity contribution in [1.29, 1.82) is 0 Å². The monoisotopic (exact) mass is 618 g/mol. The maximum Gasteiger partial charge on any atom is 0.324 e. The molecule has 0 aliphatic carbocycles. The number of rotatable bonds is 8. The number of aryl methyl sites for hydroxylation is 1. The van der Waals surface area contributed by atoms with Gasteiger partial charge in [-0.2, -0.15) is 0 Å². The largest absolute Gasteiger partial charge is 0.342 e. The second kappa shape index (κ2) is 13.1. The molecule has 0 spiro atoms. The number of carbonyl (C=O) groups is 3. The molecule has 2 N–H and O–H groups in total. The minimum Gasteiger partial charge on any atom is -0.342 e. The van der Waals surface area contributed by atoms with E-state index in [1.54, 1.807) is 30.7 Å². The maximum absolute atomic E-state index is 13.9. The van der Waals surface area contributed by atoms with Gasteiger partial charge in [-0.1, -0.05) is 46.8 Å². The molecule has 3 aromatic rings. The summed E-state index contributed by atoms with van der Waals surface area (Å²) in [6.45, 7) is 19.7. The van der Waals surface area contributed by atoms with Crippen molar-refractivity contribution in [2.45, 2.75) is 72.9 Å². The van der Waals surface area contributed by atoms with Gasteiger partial charge >= 0.3 is 6.03 Å². The molecule has 1 saturated heterocycles. The Morgan fingerprint density at radius 3 is 2.36 bits per heavy atom. The van der Waals surface area contributed by atoms with Crippen LogP contribution in [0.1, 0.15) is 75.0 Å². The third-order valence-corrected chi connectivity index (χ3v) is 9.77. The molecule has 10 heteroatoms. The van der Waals surface area contributed by atoms with E-state index in [0.29, 0.717) is 29.3 Å². The fraction of sp³-hybridized carbons (Fsp3) is 0.471. The summed E-state index contributed by atoms with van der Waals surface area (Å²) in [4.78, 5) is 51.4. The number of hydrogen-bond acceptors (Lipinski definition) is 6. The van der Waals surface area contributed by atoms with Crippen LogP contribution in [0.5, 0.6) is 0 Å². The highest BCUT2D eigenvalue weighted by Gasteiger charge is 2.44. The molecule has 1 fully saturated rings. The molecule has 2 aromatic heterocycles. The SMILES string of the molecule is CCN(CC)Cc1ccc(-c2cc(NC(=O)Nc3sc(C(C)(C)C)cc3C(=O)N3CCN(C)C(=O)C3(C)C)ccc2C)cn1. The Bertz CT molecular complexity index is 1520. The molecule has 44 heavy (non-hydrogen) atoms. The van der Waals surface area contributed by atoms with Crippen LogP contribution in [-0.4, -0.2) is 76.3 Å². The van der Waals surface area contributed by atoms with E-state index in [0.717, 1.165) is 46.9 Å². The number of hydrogen-bond donors (Lipinski definition) is 2. The highest BCUT2D eigenvalue weighted by atomic mass is 32.1. The first-order valence-electron chi connectivity index (χ1n) is 15.2. The van der Waals surface area contributed by atoms with Gasteiger partial charge in [-0.05, 0) is 74.7 Å². The molecule has 236 valence electrons. The van der Waals surface area contributed by atoms with Crippen LogP contribution in [0.3, 0.4) is 0 Å². The van der Waals surface area contributed by atoms with Crippen molar-refractivity contribution in [1.82, 2.24) is 19.7 Å². The van der Waals surface area contributed by atoms with Crippen LogP contribution < -0.4 is 10.6 Å². The van der Waals surface area contributed by atoms with Gasteiger partial charge in [0.25, 0.3) is 5.91 Å². The third kappa shape index (κ3) is 7.13. The van der Waals surface area contributed by atoms with Crippen LogP contribution in [-0.2, 0) is 16.8 Å². The molecule has 3 heterocycles. The number of thiophene rings is 1. The molecule has 0 unspecified atom stereocenters. The summed E-state index contributed by atoms with van der Waals surface area (Å²) < 4.78 is 0. The highest BCUT2D eigenvalue weighted by Crippen LogP contribution is 2.38. The van der Waals surface area contributed by atoms with Crippen molar-refractivity contribution in [3.8, 4) is 11.1 Å². The summed E-state index contributed by atoms with van der Waals surface area (Å²) in [5.74, 6) is -0.382. The first kappa shape index (κ1) is 33.1. The van der Waals surface area contributed by atoms with Gasteiger partial charge in [-0.25, -0.2) is 4.79 Å². The van der Waals surface area contributed by atoms with Crippen LogP contribution in [0.25, 0.3) is 11.1 Å². The topological polar surface area (TPSA) is 97.9 Å². The summed E-state index contributed by atoms with van der Waals surface area (Å²) in [5.41, 5.74) is 3.83. The number of urea groups is 1. The standard InChI is InChI=1S/C34H46N6O3S/c1-10-39(11-2)21-25-15-13-23(20-35-25)26-18-24(14-12-22(26)3)36-32(43)37-29-27(19-28(44-29)33(4,5)6)30(41)40-17-16-38(9)31(42)34(40,7)8/h12-15,18-20H,10-11,16-17,21H2,1-9H3,(H2,36,37,43). The molecular weight excluding hydrogens is 572 g/mol. The summed E-state index contributed by atoms with van der Waals surface area (Å²) >= 11 is 1.38. The van der Waals surface area contributed by atoms with Crippen molar-refractivity contribution in [2.24, 2.45) is 0 Å². The lowest BCUT2D eigenvalue weighted by atomic mass is 9.93. The lowest BCUT2D eigenvalue weighted by molar-refractivity contribution is -0.144. The maximum atomic E-state index is 13.9. The molecule has 9 nitrogen and oxygen atoms in total. The normalized spacial score (nSPS) is 15.1. The fourth-order valence-electron chi connectivity index (χ4n) is 5.36. The van der Waals surface area contributed by atoms with E-state index in [1.807, 2.05) is 37.4 Å². The van der Waals surface area contributed by atoms with Gasteiger partial charge in [0.1, 0.15) is 10.5 Å². The number of pyridine rings is 1. The molecule has 4 rings (SSSR count). The molecule has 1 aliphatic rings. The van der Waals surface area contributed by atoms with Crippen molar-refractivity contribution < 1.29 is 14.4 Å². The quantitative estimate of drug-likeness (QED) is 0.297. The van der Waals surface area contributed by atoms with Crippen LogP contribution in [0.2, 0.25) is 0 Å². The molecular formula is C34H46N6O3S. The van der Waals surface area contributed by atoms with Gasteiger partial charge < -0.3 is 15.1 Å². The number of piperazine rings is 1. The highest BCUT2D eigenvalue weighted by molar-refractivity contribution is 7.16. The lowest BCUT2D eigenvalue weighted by Gasteiger charge is -2.44. The molecule has 0 atom stereocenters. The zero-order valence-corrected chi connectivity index (χ0v) is 28.3. The summed E-state index contributed by atoms with van der Waals surface area (Å²) in [6.07, 6.45) is 1.88. The Morgan fingerprint density at radius 2 is 1.75 bits per heavy atom. The van der Waals surface area contributed by atoms with Crippen LogP contribution >= 0.6 is 11.3 Å². The number of nitrogens with one attached hydrogen (secondary N) is 2. The van der Waals surface area contributed by atoms with Gasteiger partial charge in [0, 0.05) is 49.0 Å². The minimum absolute atomic E-state index is 0.112. The van der Waals surface area contributed by atoms with E-state index in [-0.39, 0.29) is 17.2 Å². The van der Waals surface area contributed by atoms with E-state index in [2.05, 4.69) is 67.3 Å². The zero-order chi connectivity index (χ0) is 32.4. The summed E-state index contributed by atoms with van der Waals surface area (Å²) in [6, 6.07) is 11.3. The Balaban J connectivity index is 1.55. The van der Waals surface area contributed by atoms with Crippen LogP contribution in [0.15, 0.2) is 42.6 Å². The van der Waals surface area contributed by atoms with E-state index in [1.165, 1.54) is 11.3 Å². The van der Waals surface area contributed by atoms with Crippen LogP contribution in [0.4, 0.5) is 15.5 Å². The fourth-order valence-corrected chi connectivity index (χ4v) is 6.46. The molecule has 0 bridgehead atoms. The van der Waals surface area contributed by atoms with Crippen LogP contribution in [0, 0.1) is 6.92 Å². The first-order chi connectivity index (χ1) is 20.6. The number of amides is 4. The number of aromatic nitrogens is 1. The van der Waals surface area contributed by atoms with E-state index in [9.17, 15) is 14.4 Å². The Labute approximate surface area is 265 Å². The molecule has 0 saturated carbocycles. The van der Waals surface area contributed by atoms with Gasteiger partial charge in [0.05, 0.1) is 11.3 Å². The van der Waals surface area contributed by atoms with E-state index >= 15 is 0 Å². The second-order valence-electron chi connectivity index (χ2n) is 13.0. The minimum atomic E-state index is -0.996. The Hall–Kier alpha value is -3.76. The molecule has 1 aliphatic heterocycles. The number of nitrogens with zero attached hydrogens (tertiary/aromatic N) is 4. The van der Waals surface area contributed by atoms with Gasteiger partial charge in [-0.3, -0.25) is 24.8 Å². The van der Waals surface area contributed by atoms with Gasteiger partial charge in [-0.15, -0.1) is 11.3 Å². The number of carbonyl (C=O) groups excluding carboxylic acids is 3. The second-order valence-corrected chi connectivity index (χ2v) is 14.0.